The van der Waals surface area contributed by atoms with Crippen LogP contribution in [0.2, 0.25) is 0 Å². The van der Waals surface area contributed by atoms with E-state index in [2.05, 4.69) is 64.6 Å². The maximum Gasteiger partial charge on any atom is 0.305 e. The van der Waals surface area contributed by atoms with Crippen molar-refractivity contribution in [2.75, 3.05) is 0 Å². The first-order chi connectivity index (χ1) is 14.8. The van der Waals surface area contributed by atoms with Gasteiger partial charge in [0.05, 0.1) is 10.7 Å². The Bertz CT molecular complexity index is 1320. The van der Waals surface area contributed by atoms with E-state index in [4.69, 9.17) is 0 Å². The predicted molar refractivity (Wildman–Crippen MR) is 124 cm³/mol. The van der Waals surface area contributed by atoms with Crippen LogP contribution in [0.4, 0.5) is 0 Å². The lowest BCUT2D eigenvalue weighted by atomic mass is 9.73. The fraction of sp³-hybridized carbons (Fsp3) is 0.320. The fourth-order valence-corrected chi connectivity index (χ4v) is 9.37. The van der Waals surface area contributed by atoms with E-state index in [-0.39, 0.29) is 10.8 Å². The molecule has 0 spiro atoms. The summed E-state index contributed by atoms with van der Waals surface area (Å²) in [6.07, 6.45) is 4.07. The molecule has 0 amide bonds. The minimum absolute atomic E-state index is 0.0888. The van der Waals surface area contributed by atoms with Gasteiger partial charge in [0.1, 0.15) is 0 Å². The van der Waals surface area contributed by atoms with Crippen molar-refractivity contribution in [1.82, 2.24) is 9.97 Å². The third kappa shape index (κ3) is 2.36. The van der Waals surface area contributed by atoms with E-state index in [0.717, 1.165) is 16.9 Å². The molecular formula is C25H22N2OS2. The van der Waals surface area contributed by atoms with E-state index >= 15 is 0 Å². The van der Waals surface area contributed by atoms with Crippen molar-refractivity contribution >= 4 is 34.0 Å². The lowest BCUT2D eigenvalue weighted by Gasteiger charge is -2.40. The quantitative estimate of drug-likeness (QED) is 0.396. The molecule has 3 nitrogen and oxygen atoms in total. The highest BCUT2D eigenvalue weighted by Crippen LogP contribution is 2.64. The number of para-hydroxylation sites is 1. The van der Waals surface area contributed by atoms with E-state index in [0.29, 0.717) is 11.2 Å². The van der Waals surface area contributed by atoms with E-state index in [1.807, 2.05) is 11.8 Å². The summed E-state index contributed by atoms with van der Waals surface area (Å²) in [4.78, 5) is 20.7. The van der Waals surface area contributed by atoms with Crippen LogP contribution in [-0.4, -0.2) is 15.2 Å². The molecule has 0 saturated heterocycles. The normalized spacial score (nSPS) is 29.3. The molecular weight excluding hydrogens is 408 g/mol. The summed E-state index contributed by atoms with van der Waals surface area (Å²) in [5.41, 5.74) is 5.04. The topological polar surface area (TPSA) is 48.6 Å². The molecule has 2 N–H and O–H groups in total. The van der Waals surface area contributed by atoms with Gasteiger partial charge in [-0.2, -0.15) is 0 Å². The second-order valence-electron chi connectivity index (χ2n) is 9.00. The van der Waals surface area contributed by atoms with Crippen LogP contribution in [0.15, 0.2) is 64.4 Å². The smallest absolute Gasteiger partial charge is 0.305 e. The van der Waals surface area contributed by atoms with Crippen molar-refractivity contribution in [2.45, 2.75) is 35.5 Å². The molecule has 2 bridgehead atoms. The summed E-state index contributed by atoms with van der Waals surface area (Å²) in [6, 6.07) is 19.4. The van der Waals surface area contributed by atoms with Crippen molar-refractivity contribution < 1.29 is 0 Å². The Morgan fingerprint density at radius 1 is 0.900 bits per heavy atom. The maximum absolute atomic E-state index is 12.4. The van der Waals surface area contributed by atoms with E-state index in [1.165, 1.54) is 63.2 Å². The summed E-state index contributed by atoms with van der Waals surface area (Å²) in [7, 11) is 0. The van der Waals surface area contributed by atoms with Gasteiger partial charge < -0.3 is 9.97 Å². The Balaban J connectivity index is 1.54. The van der Waals surface area contributed by atoms with Crippen molar-refractivity contribution in [3.63, 3.8) is 0 Å². The number of hydrogen-bond donors (Lipinski definition) is 2. The number of thiazole rings is 1. The zero-order chi connectivity index (χ0) is 19.8. The third-order valence-corrected chi connectivity index (χ3v) is 10.2. The minimum Gasteiger partial charge on any atom is -0.354 e. The summed E-state index contributed by atoms with van der Waals surface area (Å²) in [5, 5.41) is 3.07. The number of rotatable bonds is 2. The zero-order valence-electron chi connectivity index (χ0n) is 16.4. The number of fused-ring (bicyclic) bond motifs is 7. The van der Waals surface area contributed by atoms with Gasteiger partial charge >= 0.3 is 4.87 Å². The zero-order valence-corrected chi connectivity index (χ0v) is 18.1. The molecule has 0 radical (unpaired) electrons. The molecule has 5 heteroatoms. The molecule has 150 valence electrons. The molecule has 2 fully saturated rings. The predicted octanol–water partition coefficient (Wildman–Crippen LogP) is 6.24. The SMILES string of the molecule is O=c1[nH]c2c(s1)[C@H](c1c(-c3ccccc3)[nH]c3ccccc13)[C@H]1[C@@H]3CC[C@H](C3)[C@@H]1S2. The van der Waals surface area contributed by atoms with Crippen LogP contribution in [0.1, 0.15) is 35.6 Å². The summed E-state index contributed by atoms with van der Waals surface area (Å²) in [6.45, 7) is 0. The van der Waals surface area contributed by atoms with Gasteiger partial charge in [0.25, 0.3) is 0 Å². The van der Waals surface area contributed by atoms with Gasteiger partial charge in [-0.3, -0.25) is 4.79 Å². The number of aromatic amines is 2. The van der Waals surface area contributed by atoms with Crippen LogP contribution in [0.25, 0.3) is 22.2 Å². The van der Waals surface area contributed by atoms with E-state index < -0.39 is 0 Å². The Morgan fingerprint density at radius 2 is 1.70 bits per heavy atom. The molecule has 2 aromatic heterocycles. The summed E-state index contributed by atoms with van der Waals surface area (Å²) in [5.74, 6) is 2.49. The van der Waals surface area contributed by atoms with Gasteiger partial charge in [-0.15, -0.1) is 11.8 Å². The van der Waals surface area contributed by atoms with Crippen LogP contribution < -0.4 is 4.87 Å². The van der Waals surface area contributed by atoms with Crippen LogP contribution in [0.3, 0.4) is 0 Å². The third-order valence-electron chi connectivity index (χ3n) is 7.59. The number of nitrogens with one attached hydrogen (secondary N) is 2. The Hall–Kier alpha value is -2.24. The molecule has 2 saturated carbocycles. The number of aromatic nitrogens is 2. The van der Waals surface area contributed by atoms with Crippen molar-refractivity contribution in [1.29, 1.82) is 0 Å². The Labute approximate surface area is 182 Å². The Morgan fingerprint density at radius 3 is 2.60 bits per heavy atom. The molecule has 30 heavy (non-hydrogen) atoms. The molecule has 2 aliphatic carbocycles. The highest BCUT2D eigenvalue weighted by atomic mass is 32.2. The summed E-state index contributed by atoms with van der Waals surface area (Å²) >= 11 is 3.40. The number of H-pyrrole nitrogens is 2. The molecule has 1 aliphatic heterocycles. The lowest BCUT2D eigenvalue weighted by molar-refractivity contribution is 0.309. The molecule has 7 rings (SSSR count). The average Bonchev–Trinajstić information content (AvgIpc) is 3.54. The molecule has 3 aliphatic rings. The van der Waals surface area contributed by atoms with Gasteiger partial charge in [-0.05, 0) is 54.2 Å². The first-order valence-corrected chi connectivity index (χ1v) is 12.5. The van der Waals surface area contributed by atoms with Crippen LogP contribution >= 0.6 is 23.1 Å². The van der Waals surface area contributed by atoms with Gasteiger partial charge in [0, 0.05) is 26.9 Å². The van der Waals surface area contributed by atoms with Crippen LogP contribution in [0.5, 0.6) is 0 Å². The Kier molecular flexibility index (Phi) is 3.71. The molecule has 4 aromatic rings. The number of hydrogen-bond acceptors (Lipinski definition) is 3. The highest BCUT2D eigenvalue weighted by Gasteiger charge is 2.55. The van der Waals surface area contributed by atoms with E-state index in [9.17, 15) is 4.79 Å². The fourth-order valence-electron chi connectivity index (χ4n) is 6.49. The second-order valence-corrected chi connectivity index (χ2v) is 11.2. The van der Waals surface area contributed by atoms with E-state index in [1.54, 1.807) is 0 Å². The summed E-state index contributed by atoms with van der Waals surface area (Å²) < 4.78 is 0. The minimum atomic E-state index is 0.0888. The largest absolute Gasteiger partial charge is 0.354 e. The molecule has 5 atom stereocenters. The first kappa shape index (κ1) is 17.4. The lowest BCUT2D eigenvalue weighted by Crippen LogP contribution is -2.33. The second kappa shape index (κ2) is 6.38. The van der Waals surface area contributed by atoms with Crippen molar-refractivity contribution in [3.8, 4) is 11.3 Å². The van der Waals surface area contributed by atoms with Crippen LogP contribution in [-0.2, 0) is 0 Å². The van der Waals surface area contributed by atoms with Crippen molar-refractivity contribution in [3.05, 3.63) is 74.7 Å². The van der Waals surface area contributed by atoms with Gasteiger partial charge in [-0.25, -0.2) is 0 Å². The van der Waals surface area contributed by atoms with Crippen LogP contribution in [0, 0.1) is 17.8 Å². The standard InChI is InChI=1S/C25H22N2OS2/c28-25-27-24-23(30-25)20(18-14-10-11-15(12-14)22(18)29-24)19-16-8-4-5-9-17(16)26-21(19)13-6-2-1-3-7-13/h1-9,14-15,18,20,22,26H,10-12H2,(H,27,28)/t14-,15-,18-,20+,22+/m1/s1. The van der Waals surface area contributed by atoms with Crippen molar-refractivity contribution in [2.24, 2.45) is 17.8 Å². The van der Waals surface area contributed by atoms with Gasteiger partial charge in [0.2, 0.25) is 0 Å². The van der Waals surface area contributed by atoms with Gasteiger partial charge in [-0.1, -0.05) is 59.9 Å². The van der Waals surface area contributed by atoms with Gasteiger partial charge in [0.15, 0.2) is 0 Å². The number of benzene rings is 2. The maximum atomic E-state index is 12.4. The first-order valence-electron chi connectivity index (χ1n) is 10.8. The monoisotopic (exact) mass is 430 g/mol. The molecule has 2 aromatic carbocycles. The number of thioether (sulfide) groups is 1. The molecule has 0 unspecified atom stereocenters. The molecule has 3 heterocycles. The average molecular weight is 431 g/mol. The highest BCUT2D eigenvalue weighted by molar-refractivity contribution is 8.00.